The Balaban J connectivity index is 1.64. The van der Waals surface area contributed by atoms with Gasteiger partial charge in [-0.25, -0.2) is 23.4 Å². The molecule has 0 saturated carbocycles. The maximum Gasteiger partial charge on any atom is 0.246 e. The van der Waals surface area contributed by atoms with Gasteiger partial charge in [0.05, 0.1) is 16.8 Å². The fourth-order valence-corrected chi connectivity index (χ4v) is 4.29. The normalized spacial score (nSPS) is 12.9. The second kappa shape index (κ2) is 11.2. The number of hydrogen-bond donors (Lipinski definition) is 1. The zero-order valence-electron chi connectivity index (χ0n) is 20.8. The quantitative estimate of drug-likeness (QED) is 0.316. The molecule has 194 valence electrons. The Bertz CT molecular complexity index is 1440. The van der Waals surface area contributed by atoms with Gasteiger partial charge in [0, 0.05) is 16.6 Å². The van der Waals surface area contributed by atoms with Gasteiger partial charge in [-0.3, -0.25) is 4.79 Å². The van der Waals surface area contributed by atoms with Crippen LogP contribution in [0.25, 0.3) is 16.6 Å². The Kier molecular flexibility index (Phi) is 7.99. The lowest BCUT2D eigenvalue weighted by Crippen LogP contribution is -2.31. The van der Waals surface area contributed by atoms with Crippen molar-refractivity contribution in [1.82, 2.24) is 25.1 Å². The summed E-state index contributed by atoms with van der Waals surface area (Å²) in [6.45, 7) is 6.10. The number of rotatable bonds is 9. The van der Waals surface area contributed by atoms with Crippen LogP contribution in [-0.4, -0.2) is 38.6 Å². The van der Waals surface area contributed by atoms with Crippen LogP contribution in [0.5, 0.6) is 5.75 Å². The van der Waals surface area contributed by atoms with E-state index in [1.54, 1.807) is 17.7 Å². The second-order valence-corrected chi connectivity index (χ2v) is 8.95. The SMILES string of the molecule is Cc1cc(-n2ncnc2C)c2cccc(OCc3c(Cl)cc(F)cc3[C@H](C)NC(=O)COC(C)F)c2n1. The summed E-state index contributed by atoms with van der Waals surface area (Å²) in [5.41, 5.74) is 3.10. The molecule has 0 aliphatic rings. The number of hydrogen-bond acceptors (Lipinski definition) is 6. The van der Waals surface area contributed by atoms with Gasteiger partial charge in [-0.15, -0.1) is 0 Å². The minimum atomic E-state index is -1.58. The molecule has 2 heterocycles. The Morgan fingerprint density at radius 2 is 2.00 bits per heavy atom. The molecule has 37 heavy (non-hydrogen) atoms. The van der Waals surface area contributed by atoms with Crippen molar-refractivity contribution in [2.45, 2.75) is 46.7 Å². The molecule has 0 bridgehead atoms. The zero-order chi connectivity index (χ0) is 26.7. The molecule has 2 aromatic heterocycles. The van der Waals surface area contributed by atoms with Gasteiger partial charge in [-0.05, 0) is 57.5 Å². The molecule has 1 unspecified atom stereocenters. The Morgan fingerprint density at radius 1 is 1.22 bits per heavy atom. The van der Waals surface area contributed by atoms with E-state index in [9.17, 15) is 13.6 Å². The minimum absolute atomic E-state index is 0.0148. The lowest BCUT2D eigenvalue weighted by atomic mass is 10.0. The molecule has 11 heteroatoms. The Labute approximate surface area is 217 Å². The zero-order valence-corrected chi connectivity index (χ0v) is 21.5. The van der Waals surface area contributed by atoms with Crippen molar-refractivity contribution in [2.75, 3.05) is 6.61 Å². The first-order chi connectivity index (χ1) is 17.6. The second-order valence-electron chi connectivity index (χ2n) is 8.54. The third-order valence-corrected chi connectivity index (χ3v) is 6.05. The number of fused-ring (bicyclic) bond motifs is 1. The monoisotopic (exact) mass is 529 g/mol. The minimum Gasteiger partial charge on any atom is -0.487 e. The summed E-state index contributed by atoms with van der Waals surface area (Å²) in [6, 6.07) is 9.28. The maximum atomic E-state index is 14.3. The number of pyridine rings is 1. The van der Waals surface area contributed by atoms with Crippen LogP contribution in [0.4, 0.5) is 8.78 Å². The first-order valence-corrected chi connectivity index (χ1v) is 11.9. The van der Waals surface area contributed by atoms with E-state index >= 15 is 0 Å². The number of nitrogens with zero attached hydrogens (tertiary/aromatic N) is 4. The number of carbonyl (C=O) groups is 1. The summed E-state index contributed by atoms with van der Waals surface area (Å²) in [4.78, 5) is 21.0. The van der Waals surface area contributed by atoms with Gasteiger partial charge < -0.3 is 14.8 Å². The predicted octanol–water partition coefficient (Wildman–Crippen LogP) is 5.31. The van der Waals surface area contributed by atoms with Crippen molar-refractivity contribution in [3.8, 4) is 11.4 Å². The average Bonchev–Trinajstić information content (AvgIpc) is 3.27. The van der Waals surface area contributed by atoms with E-state index in [2.05, 4.69) is 20.4 Å². The standard InChI is InChI=1S/C26H26ClF2N5O3/c1-14-8-23(34-17(4)30-13-31-34)19-6-5-7-24(26(19)32-14)37-11-21-20(9-18(29)10-22(21)27)15(2)33-25(35)12-36-16(3)28/h5-10,13,15-16H,11-12H2,1-4H3,(H,33,35)/t15-,16?/m0/s1. The van der Waals surface area contributed by atoms with Gasteiger partial charge >= 0.3 is 0 Å². The van der Waals surface area contributed by atoms with Crippen LogP contribution in [0.2, 0.25) is 5.02 Å². The fraction of sp³-hybridized carbons (Fsp3) is 0.308. The highest BCUT2D eigenvalue weighted by Gasteiger charge is 2.20. The Hall–Kier alpha value is -3.63. The average molecular weight is 530 g/mol. The number of aryl methyl sites for hydroxylation is 2. The number of nitrogens with one attached hydrogen (secondary N) is 1. The van der Waals surface area contributed by atoms with E-state index in [0.29, 0.717) is 22.4 Å². The third-order valence-electron chi connectivity index (χ3n) is 5.71. The summed E-state index contributed by atoms with van der Waals surface area (Å²) < 4.78 is 39.8. The summed E-state index contributed by atoms with van der Waals surface area (Å²) in [7, 11) is 0. The van der Waals surface area contributed by atoms with Crippen molar-refractivity contribution in [3.63, 3.8) is 0 Å². The van der Waals surface area contributed by atoms with Crippen LogP contribution in [-0.2, 0) is 16.1 Å². The van der Waals surface area contributed by atoms with E-state index < -0.39 is 30.7 Å². The molecular formula is C26H26ClF2N5O3. The largest absolute Gasteiger partial charge is 0.487 e. The number of alkyl halides is 1. The van der Waals surface area contributed by atoms with Crippen molar-refractivity contribution in [1.29, 1.82) is 0 Å². The number of halogens is 3. The van der Waals surface area contributed by atoms with Crippen LogP contribution in [0.3, 0.4) is 0 Å². The summed E-state index contributed by atoms with van der Waals surface area (Å²) >= 11 is 6.40. The van der Waals surface area contributed by atoms with E-state index in [-0.39, 0.29) is 11.6 Å². The molecule has 0 aliphatic heterocycles. The van der Waals surface area contributed by atoms with Gasteiger partial charge in [0.2, 0.25) is 5.91 Å². The molecular weight excluding hydrogens is 504 g/mol. The van der Waals surface area contributed by atoms with Crippen molar-refractivity contribution >= 4 is 28.4 Å². The number of carbonyl (C=O) groups excluding carboxylic acids is 1. The van der Waals surface area contributed by atoms with Crippen LogP contribution in [0, 0.1) is 19.7 Å². The topological polar surface area (TPSA) is 91.2 Å². The highest BCUT2D eigenvalue weighted by atomic mass is 35.5. The van der Waals surface area contributed by atoms with E-state index in [1.165, 1.54) is 25.4 Å². The molecule has 8 nitrogen and oxygen atoms in total. The number of benzene rings is 2. The van der Waals surface area contributed by atoms with Crippen molar-refractivity contribution < 1.29 is 23.0 Å². The highest BCUT2D eigenvalue weighted by Crippen LogP contribution is 2.32. The lowest BCUT2D eigenvalue weighted by Gasteiger charge is -2.20. The van der Waals surface area contributed by atoms with E-state index in [4.69, 9.17) is 21.1 Å². The van der Waals surface area contributed by atoms with Gasteiger partial charge in [0.15, 0.2) is 6.36 Å². The smallest absolute Gasteiger partial charge is 0.246 e. The molecule has 0 fully saturated rings. The van der Waals surface area contributed by atoms with Gasteiger partial charge in [0.1, 0.15) is 42.4 Å². The molecule has 2 aromatic carbocycles. The highest BCUT2D eigenvalue weighted by molar-refractivity contribution is 6.31. The fourth-order valence-electron chi connectivity index (χ4n) is 4.02. The van der Waals surface area contributed by atoms with Gasteiger partial charge in [-0.2, -0.15) is 5.10 Å². The summed E-state index contributed by atoms with van der Waals surface area (Å²) in [6.07, 6.45) is -0.0971. The van der Waals surface area contributed by atoms with E-state index in [0.717, 1.165) is 22.6 Å². The summed E-state index contributed by atoms with van der Waals surface area (Å²) in [5, 5.41) is 7.94. The predicted molar refractivity (Wildman–Crippen MR) is 135 cm³/mol. The van der Waals surface area contributed by atoms with Crippen LogP contribution >= 0.6 is 11.6 Å². The first-order valence-electron chi connectivity index (χ1n) is 11.6. The molecule has 1 amide bonds. The van der Waals surface area contributed by atoms with Crippen molar-refractivity contribution in [2.24, 2.45) is 0 Å². The number of amides is 1. The molecule has 4 rings (SSSR count). The molecule has 1 N–H and O–H groups in total. The summed E-state index contributed by atoms with van der Waals surface area (Å²) in [5.74, 6) is 0.111. The third kappa shape index (κ3) is 6.03. The lowest BCUT2D eigenvalue weighted by molar-refractivity contribution is -0.132. The Morgan fingerprint density at radius 3 is 2.70 bits per heavy atom. The van der Waals surface area contributed by atoms with Gasteiger partial charge in [0.25, 0.3) is 0 Å². The van der Waals surface area contributed by atoms with Crippen LogP contribution in [0.15, 0.2) is 42.7 Å². The number of ether oxygens (including phenoxy) is 2. The van der Waals surface area contributed by atoms with Crippen LogP contribution in [0.1, 0.15) is 42.5 Å². The molecule has 2 atom stereocenters. The van der Waals surface area contributed by atoms with Gasteiger partial charge in [-0.1, -0.05) is 23.7 Å². The number of aromatic nitrogens is 4. The van der Waals surface area contributed by atoms with Crippen molar-refractivity contribution in [3.05, 3.63) is 76.2 Å². The molecule has 0 aliphatic carbocycles. The molecule has 0 radical (unpaired) electrons. The molecule has 0 spiro atoms. The molecule has 4 aromatic rings. The van der Waals surface area contributed by atoms with E-state index in [1.807, 2.05) is 32.0 Å². The first kappa shape index (κ1) is 26.4. The molecule has 0 saturated heterocycles. The number of para-hydroxylation sites is 1. The van der Waals surface area contributed by atoms with Crippen LogP contribution < -0.4 is 10.1 Å². The maximum absolute atomic E-state index is 14.3.